The van der Waals surface area contributed by atoms with Gasteiger partial charge in [0.25, 0.3) is 5.56 Å². The molecule has 0 aliphatic carbocycles. The lowest BCUT2D eigenvalue weighted by Gasteiger charge is -2.14. The summed E-state index contributed by atoms with van der Waals surface area (Å²) in [7, 11) is 0. The van der Waals surface area contributed by atoms with E-state index in [9.17, 15) is 14.4 Å². The van der Waals surface area contributed by atoms with Crippen molar-refractivity contribution in [2.24, 2.45) is 5.92 Å². The van der Waals surface area contributed by atoms with E-state index in [0.29, 0.717) is 24.2 Å². The van der Waals surface area contributed by atoms with Crippen LogP contribution in [-0.2, 0) is 11.2 Å². The number of aryl methyl sites for hydroxylation is 1. The molecule has 7 heteroatoms. The van der Waals surface area contributed by atoms with Crippen LogP contribution < -0.4 is 16.6 Å². The number of amides is 1. The van der Waals surface area contributed by atoms with Crippen molar-refractivity contribution in [3.8, 4) is 0 Å². The molecule has 21 heavy (non-hydrogen) atoms. The molecule has 1 rings (SSSR count). The molecule has 118 valence electrons. The summed E-state index contributed by atoms with van der Waals surface area (Å²) < 4.78 is 0. The Morgan fingerprint density at radius 2 is 2.05 bits per heavy atom. The predicted molar refractivity (Wildman–Crippen MR) is 79.2 cm³/mol. The molecule has 0 spiro atoms. The molecule has 0 radical (unpaired) electrons. The maximum atomic E-state index is 11.8. The Labute approximate surface area is 122 Å². The van der Waals surface area contributed by atoms with Crippen LogP contribution in [0.25, 0.3) is 0 Å². The highest BCUT2D eigenvalue weighted by atomic mass is 16.3. The largest absolute Gasteiger partial charge is 0.396 e. The van der Waals surface area contributed by atoms with Gasteiger partial charge >= 0.3 is 5.69 Å². The summed E-state index contributed by atoms with van der Waals surface area (Å²) in [6, 6.07) is 0. The number of carbonyl (C=O) groups excluding carboxylic acids is 1. The van der Waals surface area contributed by atoms with E-state index >= 15 is 0 Å². The van der Waals surface area contributed by atoms with Crippen LogP contribution in [0.3, 0.4) is 0 Å². The predicted octanol–water partition coefficient (Wildman–Crippen LogP) is -0.171. The molecule has 0 saturated carbocycles. The smallest absolute Gasteiger partial charge is 0.325 e. The molecular weight excluding hydrogens is 274 g/mol. The first-order valence-electron chi connectivity index (χ1n) is 7.17. The molecule has 0 bridgehead atoms. The number of H-pyrrole nitrogens is 2. The lowest BCUT2D eigenvalue weighted by atomic mass is 10.0. The van der Waals surface area contributed by atoms with E-state index in [2.05, 4.69) is 15.3 Å². The normalized spacial score (nSPS) is 12.1. The minimum Gasteiger partial charge on any atom is -0.396 e. The first kappa shape index (κ1) is 17.2. The Morgan fingerprint density at radius 1 is 1.33 bits per heavy atom. The SMILES string of the molecule is CCC(CCO)CNC(=O)CCc1c(C)[nH]c(=O)[nH]c1=O. The average Bonchev–Trinajstić information content (AvgIpc) is 2.42. The first-order valence-corrected chi connectivity index (χ1v) is 7.17. The number of rotatable bonds is 8. The maximum absolute atomic E-state index is 11.8. The molecule has 0 aromatic carbocycles. The van der Waals surface area contributed by atoms with Gasteiger partial charge in [0.1, 0.15) is 0 Å². The van der Waals surface area contributed by atoms with Gasteiger partial charge in [-0.3, -0.25) is 14.6 Å². The van der Waals surface area contributed by atoms with Crippen molar-refractivity contribution < 1.29 is 9.90 Å². The van der Waals surface area contributed by atoms with Crippen molar-refractivity contribution >= 4 is 5.91 Å². The zero-order valence-electron chi connectivity index (χ0n) is 12.5. The van der Waals surface area contributed by atoms with Gasteiger partial charge in [-0.25, -0.2) is 4.79 Å². The van der Waals surface area contributed by atoms with Gasteiger partial charge in [0.15, 0.2) is 0 Å². The minimum absolute atomic E-state index is 0.111. The fourth-order valence-electron chi connectivity index (χ4n) is 2.15. The zero-order chi connectivity index (χ0) is 15.8. The molecule has 0 fully saturated rings. The van der Waals surface area contributed by atoms with Gasteiger partial charge < -0.3 is 15.4 Å². The van der Waals surface area contributed by atoms with Gasteiger partial charge in [-0.05, 0) is 25.7 Å². The summed E-state index contributed by atoms with van der Waals surface area (Å²) in [5, 5.41) is 11.7. The second-order valence-corrected chi connectivity index (χ2v) is 5.10. The number of aromatic nitrogens is 2. The molecule has 1 heterocycles. The van der Waals surface area contributed by atoms with E-state index in [1.807, 2.05) is 6.92 Å². The lowest BCUT2D eigenvalue weighted by Crippen LogP contribution is -2.31. The van der Waals surface area contributed by atoms with Crippen LogP contribution in [0.4, 0.5) is 0 Å². The highest BCUT2D eigenvalue weighted by Gasteiger charge is 2.11. The van der Waals surface area contributed by atoms with Crippen LogP contribution >= 0.6 is 0 Å². The summed E-state index contributed by atoms with van der Waals surface area (Å²) in [4.78, 5) is 39.1. The number of aromatic amines is 2. The second-order valence-electron chi connectivity index (χ2n) is 5.10. The van der Waals surface area contributed by atoms with Gasteiger partial charge in [-0.2, -0.15) is 0 Å². The summed E-state index contributed by atoms with van der Waals surface area (Å²) in [5.74, 6) is 0.119. The summed E-state index contributed by atoms with van der Waals surface area (Å²) in [6.45, 7) is 4.28. The Balaban J connectivity index is 2.50. The monoisotopic (exact) mass is 297 g/mol. The number of hydrogen-bond donors (Lipinski definition) is 4. The van der Waals surface area contributed by atoms with Gasteiger partial charge in [-0.1, -0.05) is 13.3 Å². The average molecular weight is 297 g/mol. The Hall–Kier alpha value is -1.89. The minimum atomic E-state index is -0.541. The fourth-order valence-corrected chi connectivity index (χ4v) is 2.15. The molecule has 1 atom stereocenters. The fraction of sp³-hybridized carbons (Fsp3) is 0.643. The van der Waals surface area contributed by atoms with Crippen LogP contribution in [0.15, 0.2) is 9.59 Å². The van der Waals surface area contributed by atoms with E-state index in [0.717, 1.165) is 6.42 Å². The highest BCUT2D eigenvalue weighted by Crippen LogP contribution is 2.06. The van der Waals surface area contributed by atoms with E-state index in [1.165, 1.54) is 0 Å². The first-order chi connectivity index (χ1) is 9.97. The highest BCUT2D eigenvalue weighted by molar-refractivity contribution is 5.76. The second kappa shape index (κ2) is 8.41. The number of hydrogen-bond acceptors (Lipinski definition) is 4. The maximum Gasteiger partial charge on any atom is 0.325 e. The summed E-state index contributed by atoms with van der Waals surface area (Å²) in [6.07, 6.45) is 2.01. The summed E-state index contributed by atoms with van der Waals surface area (Å²) >= 11 is 0. The van der Waals surface area contributed by atoms with Crippen LogP contribution in [0.1, 0.15) is 37.4 Å². The molecule has 1 amide bonds. The molecule has 0 aliphatic rings. The Kier molecular flexibility index (Phi) is 6.87. The molecule has 1 aromatic heterocycles. The van der Waals surface area contributed by atoms with Gasteiger partial charge in [0.2, 0.25) is 5.91 Å². The third kappa shape index (κ3) is 5.55. The van der Waals surface area contributed by atoms with Crippen LogP contribution in [0.2, 0.25) is 0 Å². The van der Waals surface area contributed by atoms with Crippen molar-refractivity contribution in [2.45, 2.75) is 39.5 Å². The standard InChI is InChI=1S/C14H23N3O4/c1-3-10(6-7-18)8-15-12(19)5-4-11-9(2)16-14(21)17-13(11)20/h10,18H,3-8H2,1-2H3,(H,15,19)(H2,16,17,20,21). The Morgan fingerprint density at radius 3 is 2.62 bits per heavy atom. The van der Waals surface area contributed by atoms with E-state index in [4.69, 9.17) is 5.11 Å². The van der Waals surface area contributed by atoms with Crippen molar-refractivity contribution in [3.63, 3.8) is 0 Å². The number of aliphatic hydroxyl groups is 1. The van der Waals surface area contributed by atoms with Gasteiger partial charge in [-0.15, -0.1) is 0 Å². The van der Waals surface area contributed by atoms with Crippen molar-refractivity contribution in [3.05, 3.63) is 32.1 Å². The zero-order valence-corrected chi connectivity index (χ0v) is 12.5. The molecule has 0 aliphatic heterocycles. The van der Waals surface area contributed by atoms with Gasteiger partial charge in [0.05, 0.1) is 0 Å². The van der Waals surface area contributed by atoms with E-state index < -0.39 is 11.2 Å². The number of nitrogens with one attached hydrogen (secondary N) is 3. The van der Waals surface area contributed by atoms with Crippen molar-refractivity contribution in [1.82, 2.24) is 15.3 Å². The molecule has 7 nitrogen and oxygen atoms in total. The van der Waals surface area contributed by atoms with E-state index in [1.54, 1.807) is 6.92 Å². The van der Waals surface area contributed by atoms with Crippen LogP contribution in [0, 0.1) is 12.8 Å². The van der Waals surface area contributed by atoms with Gasteiger partial charge in [0, 0.05) is 30.8 Å². The third-order valence-electron chi connectivity index (χ3n) is 3.56. The van der Waals surface area contributed by atoms with Crippen molar-refractivity contribution in [1.29, 1.82) is 0 Å². The van der Waals surface area contributed by atoms with Crippen LogP contribution in [0.5, 0.6) is 0 Å². The topological polar surface area (TPSA) is 115 Å². The summed E-state index contributed by atoms with van der Waals surface area (Å²) in [5.41, 5.74) is -0.0772. The third-order valence-corrected chi connectivity index (χ3v) is 3.56. The molecule has 1 aromatic rings. The van der Waals surface area contributed by atoms with E-state index in [-0.39, 0.29) is 31.3 Å². The van der Waals surface area contributed by atoms with Crippen LogP contribution in [-0.4, -0.2) is 34.1 Å². The van der Waals surface area contributed by atoms with Crippen molar-refractivity contribution in [2.75, 3.05) is 13.2 Å². The number of aliphatic hydroxyl groups excluding tert-OH is 1. The molecular formula is C14H23N3O4. The molecule has 0 saturated heterocycles. The Bertz CT molecular complexity index is 576. The quantitative estimate of drug-likeness (QED) is 0.533. The molecule has 4 N–H and O–H groups in total. The molecule has 1 unspecified atom stereocenters. The lowest BCUT2D eigenvalue weighted by molar-refractivity contribution is -0.121. The number of carbonyl (C=O) groups is 1.